The molecule has 0 spiro atoms. The maximum absolute atomic E-state index is 9.49. The van der Waals surface area contributed by atoms with Crippen LogP contribution in [-0.2, 0) is 4.74 Å². The van der Waals surface area contributed by atoms with Gasteiger partial charge in [-0.05, 0) is 52.0 Å². The van der Waals surface area contributed by atoms with E-state index >= 15 is 0 Å². The predicted molar refractivity (Wildman–Crippen MR) is 73.7 cm³/mol. The minimum absolute atomic E-state index is 0.296. The van der Waals surface area contributed by atoms with E-state index in [2.05, 4.69) is 16.3 Å². The molecule has 1 heterocycles. The van der Waals surface area contributed by atoms with Crippen LogP contribution in [0.5, 0.6) is 0 Å². The normalized spacial score (nSPS) is 43.7. The van der Waals surface area contributed by atoms with E-state index in [9.17, 15) is 5.26 Å². The van der Waals surface area contributed by atoms with E-state index in [4.69, 9.17) is 4.74 Å². The molecule has 1 N–H and O–H groups in total. The van der Waals surface area contributed by atoms with Gasteiger partial charge >= 0.3 is 0 Å². The van der Waals surface area contributed by atoms with Crippen LogP contribution in [0.1, 0.15) is 44.9 Å². The summed E-state index contributed by atoms with van der Waals surface area (Å²) < 4.78 is 5.91. The summed E-state index contributed by atoms with van der Waals surface area (Å²) in [6, 6.07) is 3.71. The molecule has 1 aliphatic heterocycles. The summed E-state index contributed by atoms with van der Waals surface area (Å²) in [6.07, 6.45) is 8.64. The zero-order valence-corrected chi connectivity index (χ0v) is 11.9. The Morgan fingerprint density at radius 2 is 2.21 bits per heavy atom. The molecule has 19 heavy (non-hydrogen) atoms. The van der Waals surface area contributed by atoms with Crippen LogP contribution in [0.2, 0.25) is 0 Å². The Hall–Kier alpha value is -0.630. The first-order valence-corrected chi connectivity index (χ1v) is 7.75. The van der Waals surface area contributed by atoms with Crippen molar-refractivity contribution >= 4 is 0 Å². The molecule has 4 heteroatoms. The van der Waals surface area contributed by atoms with Crippen molar-refractivity contribution in [1.82, 2.24) is 10.2 Å². The third-order valence-electron chi connectivity index (χ3n) is 5.41. The van der Waals surface area contributed by atoms with Gasteiger partial charge in [0, 0.05) is 18.6 Å². The number of nitrogens with zero attached hydrogens (tertiary/aromatic N) is 2. The highest BCUT2D eigenvalue weighted by Gasteiger charge is 2.43. The van der Waals surface area contributed by atoms with Crippen LogP contribution in [0.15, 0.2) is 0 Å². The second-order valence-corrected chi connectivity index (χ2v) is 6.34. The van der Waals surface area contributed by atoms with Gasteiger partial charge < -0.3 is 10.1 Å². The van der Waals surface area contributed by atoms with Gasteiger partial charge in [0.2, 0.25) is 0 Å². The smallest absolute Gasteiger partial charge is 0.108 e. The zero-order chi connectivity index (χ0) is 13.3. The first-order valence-electron chi connectivity index (χ1n) is 7.75. The molecule has 0 aromatic heterocycles. The molecule has 3 rings (SSSR count). The molecule has 4 unspecified atom stereocenters. The monoisotopic (exact) mass is 263 g/mol. The molecule has 0 aromatic rings. The number of morpholine rings is 1. The topological polar surface area (TPSA) is 48.3 Å². The van der Waals surface area contributed by atoms with E-state index in [1.165, 1.54) is 25.7 Å². The van der Waals surface area contributed by atoms with Crippen molar-refractivity contribution in [2.24, 2.45) is 0 Å². The lowest BCUT2D eigenvalue weighted by Gasteiger charge is -2.47. The van der Waals surface area contributed by atoms with E-state index in [0.29, 0.717) is 18.2 Å². The molecule has 1 saturated heterocycles. The highest BCUT2D eigenvalue weighted by atomic mass is 16.5. The van der Waals surface area contributed by atoms with Crippen LogP contribution < -0.4 is 5.32 Å². The summed E-state index contributed by atoms with van der Waals surface area (Å²) in [5.41, 5.74) is -0.296. The molecule has 3 aliphatic rings. The van der Waals surface area contributed by atoms with Gasteiger partial charge in [-0.3, -0.25) is 4.90 Å². The Morgan fingerprint density at radius 1 is 1.32 bits per heavy atom. The Balaban J connectivity index is 1.72. The van der Waals surface area contributed by atoms with Crippen molar-refractivity contribution < 1.29 is 4.74 Å². The fourth-order valence-electron chi connectivity index (χ4n) is 4.32. The van der Waals surface area contributed by atoms with Crippen LogP contribution in [0.25, 0.3) is 0 Å². The van der Waals surface area contributed by atoms with Crippen LogP contribution >= 0.6 is 0 Å². The number of rotatable bonds is 2. The van der Waals surface area contributed by atoms with Crippen LogP contribution in [0, 0.1) is 11.3 Å². The second kappa shape index (κ2) is 5.40. The molecule has 4 nitrogen and oxygen atoms in total. The Labute approximate surface area is 116 Å². The average Bonchev–Trinajstić information content (AvgIpc) is 2.95. The number of nitriles is 1. The van der Waals surface area contributed by atoms with E-state index in [0.717, 1.165) is 32.4 Å². The maximum atomic E-state index is 9.49. The lowest BCUT2D eigenvalue weighted by molar-refractivity contribution is -0.0798. The SMILES string of the molecule is CNC1(C#N)CCCC(N2CCOC3CCCC32)C1. The number of hydrogen-bond acceptors (Lipinski definition) is 4. The lowest BCUT2D eigenvalue weighted by atomic mass is 9.79. The summed E-state index contributed by atoms with van der Waals surface area (Å²) in [6.45, 7) is 1.92. The molecule has 0 bridgehead atoms. The highest BCUT2D eigenvalue weighted by molar-refractivity contribution is 5.11. The summed E-state index contributed by atoms with van der Waals surface area (Å²) >= 11 is 0. The van der Waals surface area contributed by atoms with E-state index in [1.807, 2.05) is 7.05 Å². The summed E-state index contributed by atoms with van der Waals surface area (Å²) in [4.78, 5) is 2.67. The molecular formula is C15H25N3O. The van der Waals surface area contributed by atoms with Gasteiger partial charge in [0.05, 0.1) is 18.8 Å². The van der Waals surface area contributed by atoms with Gasteiger partial charge in [-0.1, -0.05) is 0 Å². The fraction of sp³-hybridized carbons (Fsp3) is 0.933. The van der Waals surface area contributed by atoms with Crippen LogP contribution in [0.3, 0.4) is 0 Å². The number of nitrogens with one attached hydrogen (secondary N) is 1. The third kappa shape index (κ3) is 2.40. The molecular weight excluding hydrogens is 238 g/mol. The molecule has 0 aromatic carbocycles. The van der Waals surface area contributed by atoms with Gasteiger partial charge in [0.1, 0.15) is 5.54 Å². The van der Waals surface area contributed by atoms with E-state index in [1.54, 1.807) is 0 Å². The Bertz CT molecular complexity index is 367. The number of fused-ring (bicyclic) bond motifs is 1. The van der Waals surface area contributed by atoms with E-state index in [-0.39, 0.29) is 5.54 Å². The number of ether oxygens (including phenoxy) is 1. The number of hydrogen-bond donors (Lipinski definition) is 1. The third-order valence-corrected chi connectivity index (χ3v) is 5.41. The standard InChI is InChI=1S/C15H25N3O/c1-17-15(11-16)7-3-4-12(10-15)18-8-9-19-14-6-2-5-13(14)18/h12-14,17H,2-10H2,1H3. The molecule has 0 amide bonds. The van der Waals surface area contributed by atoms with Gasteiger partial charge in [0.25, 0.3) is 0 Å². The minimum Gasteiger partial charge on any atom is -0.375 e. The zero-order valence-electron chi connectivity index (χ0n) is 11.9. The molecule has 0 radical (unpaired) electrons. The summed E-state index contributed by atoms with van der Waals surface area (Å²) in [5.74, 6) is 0. The molecule has 106 valence electrons. The first-order chi connectivity index (χ1) is 9.28. The largest absolute Gasteiger partial charge is 0.375 e. The van der Waals surface area contributed by atoms with Crippen LogP contribution in [0.4, 0.5) is 0 Å². The predicted octanol–water partition coefficient (Wildman–Crippen LogP) is 1.66. The lowest BCUT2D eigenvalue weighted by Crippen LogP contribution is -2.58. The van der Waals surface area contributed by atoms with Crippen molar-refractivity contribution in [3.05, 3.63) is 0 Å². The van der Waals surface area contributed by atoms with Crippen molar-refractivity contribution in [2.75, 3.05) is 20.2 Å². The molecule has 2 saturated carbocycles. The van der Waals surface area contributed by atoms with Gasteiger partial charge in [-0.15, -0.1) is 0 Å². The second-order valence-electron chi connectivity index (χ2n) is 6.34. The van der Waals surface area contributed by atoms with Gasteiger partial charge in [0.15, 0.2) is 0 Å². The summed E-state index contributed by atoms with van der Waals surface area (Å²) in [7, 11) is 1.93. The van der Waals surface area contributed by atoms with Crippen molar-refractivity contribution in [1.29, 1.82) is 5.26 Å². The van der Waals surface area contributed by atoms with Crippen molar-refractivity contribution in [3.8, 4) is 6.07 Å². The summed E-state index contributed by atoms with van der Waals surface area (Å²) in [5, 5.41) is 12.8. The Kier molecular flexibility index (Phi) is 3.79. The Morgan fingerprint density at radius 3 is 3.00 bits per heavy atom. The molecule has 2 aliphatic carbocycles. The fourth-order valence-corrected chi connectivity index (χ4v) is 4.32. The average molecular weight is 263 g/mol. The highest BCUT2D eigenvalue weighted by Crippen LogP contribution is 2.37. The van der Waals surface area contributed by atoms with Gasteiger partial charge in [-0.25, -0.2) is 0 Å². The van der Waals surface area contributed by atoms with E-state index < -0.39 is 0 Å². The van der Waals surface area contributed by atoms with Crippen LogP contribution in [-0.4, -0.2) is 48.8 Å². The minimum atomic E-state index is -0.296. The molecule has 4 atom stereocenters. The quantitative estimate of drug-likeness (QED) is 0.823. The van der Waals surface area contributed by atoms with Gasteiger partial charge in [-0.2, -0.15) is 5.26 Å². The first kappa shape index (κ1) is 13.4. The van der Waals surface area contributed by atoms with Crippen molar-refractivity contribution in [2.45, 2.75) is 68.7 Å². The van der Waals surface area contributed by atoms with Crippen molar-refractivity contribution in [3.63, 3.8) is 0 Å². The molecule has 3 fully saturated rings. The maximum Gasteiger partial charge on any atom is 0.108 e.